The second-order valence-electron chi connectivity index (χ2n) is 7.82. The summed E-state index contributed by atoms with van der Waals surface area (Å²) in [6, 6.07) is 10.8. The Balaban J connectivity index is 1.99. The minimum atomic E-state index is -0.275. The number of phenolic OH excluding ortho intramolecular Hbond substituents is 1. The van der Waals surface area contributed by atoms with Crippen molar-refractivity contribution in [2.75, 3.05) is 7.11 Å². The molecule has 0 unspecified atom stereocenters. The van der Waals surface area contributed by atoms with Gasteiger partial charge < -0.3 is 30.3 Å². The van der Waals surface area contributed by atoms with Gasteiger partial charge in [0.25, 0.3) is 0 Å². The third-order valence-electron chi connectivity index (χ3n) is 5.46. The Bertz CT molecular complexity index is 1100. The molecule has 0 heterocycles. The van der Waals surface area contributed by atoms with Crippen molar-refractivity contribution in [2.45, 2.75) is 39.9 Å². The Morgan fingerprint density at radius 2 is 1.06 bits per heavy atom. The average Bonchev–Trinajstić information content (AvgIpc) is 2.75. The first-order valence-electron chi connectivity index (χ1n) is 10.0. The van der Waals surface area contributed by atoms with Crippen molar-refractivity contribution in [3.63, 3.8) is 0 Å². The lowest BCUT2D eigenvalue weighted by molar-refractivity contribution is 0.275. The van der Waals surface area contributed by atoms with Crippen LogP contribution in [0, 0.1) is 13.8 Å². The van der Waals surface area contributed by atoms with Crippen molar-refractivity contribution in [1.29, 1.82) is 0 Å². The molecule has 0 fully saturated rings. The number of methoxy groups -OCH3 is 1. The van der Waals surface area contributed by atoms with Gasteiger partial charge in [0, 0.05) is 23.1 Å². The van der Waals surface area contributed by atoms with E-state index in [2.05, 4.69) is 0 Å². The quantitative estimate of drug-likeness (QED) is 0.396. The molecule has 0 amide bonds. The van der Waals surface area contributed by atoms with Crippen molar-refractivity contribution in [2.24, 2.45) is 0 Å². The minimum Gasteiger partial charge on any atom is -0.507 e. The van der Waals surface area contributed by atoms with E-state index in [1.807, 2.05) is 18.2 Å². The molecule has 0 aliphatic rings. The number of hydrogen-bond donors (Lipinski definition) is 5. The van der Waals surface area contributed by atoms with Crippen molar-refractivity contribution in [3.05, 3.63) is 80.9 Å². The average molecular weight is 424 g/mol. The molecule has 6 nitrogen and oxygen atoms in total. The molecule has 3 rings (SSSR count). The molecule has 0 saturated heterocycles. The molecule has 3 aromatic carbocycles. The Hall–Kier alpha value is -3.22. The van der Waals surface area contributed by atoms with E-state index in [9.17, 15) is 25.5 Å². The van der Waals surface area contributed by atoms with Crippen molar-refractivity contribution in [3.8, 4) is 23.0 Å². The van der Waals surface area contributed by atoms with Crippen LogP contribution in [0.25, 0.3) is 0 Å². The molecule has 0 saturated carbocycles. The van der Waals surface area contributed by atoms with Crippen LogP contribution in [0.15, 0.2) is 36.4 Å². The Morgan fingerprint density at radius 3 is 1.55 bits per heavy atom. The van der Waals surface area contributed by atoms with Gasteiger partial charge in [0.05, 0.1) is 20.3 Å². The van der Waals surface area contributed by atoms with Gasteiger partial charge in [0.15, 0.2) is 11.5 Å². The summed E-state index contributed by atoms with van der Waals surface area (Å²) >= 11 is 0. The zero-order valence-electron chi connectivity index (χ0n) is 17.9. The number of hydrogen-bond acceptors (Lipinski definition) is 6. The SMILES string of the molecule is COc1cc(Cc2cc(C)c(O)c(CO)c2)cc(Cc2cc(C)c(O)c(CO)c2)c1O. The summed E-state index contributed by atoms with van der Waals surface area (Å²) in [6.07, 6.45) is 0.912. The lowest BCUT2D eigenvalue weighted by atomic mass is 9.94. The monoisotopic (exact) mass is 424 g/mol. The highest BCUT2D eigenvalue weighted by Gasteiger charge is 2.15. The highest BCUT2D eigenvalue weighted by molar-refractivity contribution is 5.53. The van der Waals surface area contributed by atoms with Crippen LogP contribution in [0.3, 0.4) is 0 Å². The number of aliphatic hydroxyl groups is 2. The van der Waals surface area contributed by atoms with Gasteiger partial charge >= 0.3 is 0 Å². The first kappa shape index (κ1) is 22.5. The molecule has 0 atom stereocenters. The first-order valence-corrected chi connectivity index (χ1v) is 10.0. The van der Waals surface area contributed by atoms with E-state index in [-0.39, 0.29) is 30.5 Å². The molecule has 3 aromatic rings. The molecule has 0 aliphatic carbocycles. The van der Waals surface area contributed by atoms with E-state index in [0.717, 1.165) is 16.7 Å². The molecule has 0 bridgehead atoms. The van der Waals surface area contributed by atoms with Crippen LogP contribution in [-0.2, 0) is 26.1 Å². The summed E-state index contributed by atoms with van der Waals surface area (Å²) in [5.74, 6) is 0.561. The standard InChI is InChI=1S/C25H28O6/c1-14-4-16(9-20(12-26)23(14)28)6-18-8-19(25(30)22(11-18)31-3)7-17-5-15(2)24(29)21(10-17)13-27/h4-5,8-11,26-30H,6-7,12-13H2,1-3H3. The van der Waals surface area contributed by atoms with Gasteiger partial charge in [0.1, 0.15) is 11.5 Å². The zero-order chi connectivity index (χ0) is 22.7. The smallest absolute Gasteiger partial charge is 0.161 e. The molecule has 0 aromatic heterocycles. The lowest BCUT2D eigenvalue weighted by Crippen LogP contribution is -1.99. The summed E-state index contributed by atoms with van der Waals surface area (Å²) in [7, 11) is 1.49. The zero-order valence-corrected chi connectivity index (χ0v) is 17.9. The van der Waals surface area contributed by atoms with Crippen LogP contribution in [-0.4, -0.2) is 32.6 Å². The number of phenols is 3. The largest absolute Gasteiger partial charge is 0.507 e. The van der Waals surface area contributed by atoms with Crippen LogP contribution in [0.1, 0.15) is 44.5 Å². The first-order chi connectivity index (χ1) is 14.8. The van der Waals surface area contributed by atoms with Crippen molar-refractivity contribution < 1.29 is 30.3 Å². The Labute approximate surface area is 181 Å². The van der Waals surface area contributed by atoms with Crippen LogP contribution < -0.4 is 4.74 Å². The third-order valence-corrected chi connectivity index (χ3v) is 5.46. The van der Waals surface area contributed by atoms with Gasteiger partial charge in [0.2, 0.25) is 0 Å². The predicted molar refractivity (Wildman–Crippen MR) is 118 cm³/mol. The highest BCUT2D eigenvalue weighted by Crippen LogP contribution is 2.35. The van der Waals surface area contributed by atoms with Crippen LogP contribution in [0.2, 0.25) is 0 Å². The molecule has 164 valence electrons. The topological polar surface area (TPSA) is 110 Å². The molecule has 0 radical (unpaired) electrons. The maximum atomic E-state index is 10.7. The van der Waals surface area contributed by atoms with Crippen molar-refractivity contribution in [1.82, 2.24) is 0 Å². The fourth-order valence-corrected chi connectivity index (χ4v) is 3.89. The second kappa shape index (κ2) is 9.29. The van der Waals surface area contributed by atoms with E-state index in [1.54, 1.807) is 32.0 Å². The summed E-state index contributed by atoms with van der Waals surface area (Å²) in [4.78, 5) is 0. The van der Waals surface area contributed by atoms with Crippen LogP contribution in [0.4, 0.5) is 0 Å². The number of aryl methyl sites for hydroxylation is 2. The second-order valence-corrected chi connectivity index (χ2v) is 7.82. The maximum absolute atomic E-state index is 10.7. The van der Waals surface area contributed by atoms with E-state index in [1.165, 1.54) is 7.11 Å². The summed E-state index contributed by atoms with van der Waals surface area (Å²) in [6.45, 7) is 3.02. The highest BCUT2D eigenvalue weighted by atomic mass is 16.5. The fraction of sp³-hybridized carbons (Fsp3) is 0.280. The Kier molecular flexibility index (Phi) is 6.73. The molecule has 6 heteroatoms. The Morgan fingerprint density at radius 1 is 0.613 bits per heavy atom. The van der Waals surface area contributed by atoms with Crippen molar-refractivity contribution >= 4 is 0 Å². The lowest BCUT2D eigenvalue weighted by Gasteiger charge is -2.15. The van der Waals surface area contributed by atoms with E-state index >= 15 is 0 Å². The fourth-order valence-electron chi connectivity index (χ4n) is 3.89. The third kappa shape index (κ3) is 4.76. The number of aliphatic hydroxyl groups excluding tert-OH is 2. The maximum Gasteiger partial charge on any atom is 0.161 e. The van der Waals surface area contributed by atoms with E-state index in [4.69, 9.17) is 4.74 Å². The number of benzene rings is 3. The molecule has 5 N–H and O–H groups in total. The number of aromatic hydroxyl groups is 3. The van der Waals surface area contributed by atoms with Gasteiger partial charge in [-0.2, -0.15) is 0 Å². The molecule has 31 heavy (non-hydrogen) atoms. The van der Waals surface area contributed by atoms with Gasteiger partial charge in [-0.05, 0) is 66.3 Å². The minimum absolute atomic E-state index is 0.0421. The van der Waals surface area contributed by atoms with E-state index < -0.39 is 0 Å². The normalized spacial score (nSPS) is 11.0. The molecule has 0 spiro atoms. The van der Waals surface area contributed by atoms with Gasteiger partial charge in [-0.25, -0.2) is 0 Å². The van der Waals surface area contributed by atoms with E-state index in [0.29, 0.717) is 46.4 Å². The van der Waals surface area contributed by atoms with Gasteiger partial charge in [-0.1, -0.05) is 18.2 Å². The van der Waals surface area contributed by atoms with Crippen LogP contribution in [0.5, 0.6) is 23.0 Å². The van der Waals surface area contributed by atoms with Crippen LogP contribution >= 0.6 is 0 Å². The molecular weight excluding hydrogens is 396 g/mol. The molecule has 0 aliphatic heterocycles. The summed E-state index contributed by atoms with van der Waals surface area (Å²) < 4.78 is 5.37. The predicted octanol–water partition coefficient (Wildman–Crippen LogP) is 3.60. The summed E-state index contributed by atoms with van der Waals surface area (Å²) in [5, 5.41) is 49.8. The molecular formula is C25H28O6. The summed E-state index contributed by atoms with van der Waals surface area (Å²) in [5.41, 5.74) is 5.56. The number of rotatable bonds is 7. The number of ether oxygens (including phenoxy) is 1. The van der Waals surface area contributed by atoms with Gasteiger partial charge in [-0.3, -0.25) is 0 Å². The van der Waals surface area contributed by atoms with Gasteiger partial charge in [-0.15, -0.1) is 0 Å².